The van der Waals surface area contributed by atoms with Gasteiger partial charge in [-0.2, -0.15) is 11.8 Å². The van der Waals surface area contributed by atoms with Crippen molar-refractivity contribution < 1.29 is 14.6 Å². The highest BCUT2D eigenvalue weighted by atomic mass is 32.2. The first-order valence-electron chi connectivity index (χ1n) is 4.68. The third-order valence-electron chi connectivity index (χ3n) is 1.44. The molecule has 0 heterocycles. The first-order valence-corrected chi connectivity index (χ1v) is 5.83. The summed E-state index contributed by atoms with van der Waals surface area (Å²) >= 11 is 1.51. The summed E-state index contributed by atoms with van der Waals surface area (Å²) in [5, 5.41) is 8.49. The summed E-state index contributed by atoms with van der Waals surface area (Å²) in [5.74, 6) is 0.843. The van der Waals surface area contributed by atoms with Crippen molar-refractivity contribution in [3.8, 4) is 0 Å². The van der Waals surface area contributed by atoms with E-state index in [1.807, 2.05) is 0 Å². The van der Waals surface area contributed by atoms with Crippen molar-refractivity contribution in [3.63, 3.8) is 0 Å². The summed E-state index contributed by atoms with van der Waals surface area (Å²) in [6.45, 7) is 5.60. The van der Waals surface area contributed by atoms with Gasteiger partial charge in [0.25, 0.3) is 0 Å². The summed E-state index contributed by atoms with van der Waals surface area (Å²) in [6.07, 6.45) is 0. The number of hydrogen-bond acceptors (Lipinski definition) is 4. The van der Waals surface area contributed by atoms with Crippen molar-refractivity contribution in [2.45, 2.75) is 19.9 Å². The minimum Gasteiger partial charge on any atom is -0.480 e. The molecule has 0 bridgehead atoms. The minimum atomic E-state index is -0.944. The number of aliphatic carboxylic acids is 1. The molecule has 0 unspecified atom stereocenters. The molecule has 84 valence electrons. The lowest BCUT2D eigenvalue weighted by Gasteiger charge is -2.07. The maximum atomic E-state index is 10.3. The second kappa shape index (κ2) is 8.08. The molecular formula is C9H19NO3S. The molecule has 0 amide bonds. The molecule has 5 heteroatoms. The van der Waals surface area contributed by atoms with Crippen LogP contribution in [0.25, 0.3) is 0 Å². The van der Waals surface area contributed by atoms with Gasteiger partial charge in [0.1, 0.15) is 6.04 Å². The van der Waals surface area contributed by atoms with Crippen LogP contribution < -0.4 is 5.73 Å². The molecular weight excluding hydrogens is 202 g/mol. The zero-order valence-corrected chi connectivity index (χ0v) is 9.55. The predicted octanol–water partition coefficient (Wildman–Crippen LogP) is 0.804. The number of hydrogen-bond donors (Lipinski definition) is 2. The normalized spacial score (nSPS) is 13.1. The molecule has 0 aromatic heterocycles. The number of thioether (sulfide) groups is 1. The SMILES string of the molecule is CC(C)COCCSC[C@@H](N)C(=O)O. The van der Waals surface area contributed by atoms with Crippen molar-refractivity contribution in [2.24, 2.45) is 11.7 Å². The van der Waals surface area contributed by atoms with Gasteiger partial charge in [0.15, 0.2) is 0 Å². The average Bonchev–Trinajstić information content (AvgIpc) is 2.09. The summed E-state index contributed by atoms with van der Waals surface area (Å²) in [4.78, 5) is 10.3. The number of rotatable bonds is 8. The van der Waals surface area contributed by atoms with Crippen LogP contribution >= 0.6 is 11.8 Å². The van der Waals surface area contributed by atoms with Crippen LogP contribution in [0, 0.1) is 5.92 Å². The maximum absolute atomic E-state index is 10.3. The zero-order valence-electron chi connectivity index (χ0n) is 8.73. The van der Waals surface area contributed by atoms with Crippen LogP contribution in [0.15, 0.2) is 0 Å². The lowest BCUT2D eigenvalue weighted by Crippen LogP contribution is -2.32. The Bertz CT molecular complexity index is 164. The average molecular weight is 221 g/mol. The van der Waals surface area contributed by atoms with Gasteiger partial charge >= 0.3 is 5.97 Å². The van der Waals surface area contributed by atoms with Gasteiger partial charge in [-0.1, -0.05) is 13.8 Å². The van der Waals surface area contributed by atoms with Crippen LogP contribution in [-0.4, -0.2) is 41.8 Å². The number of carboxylic acid groups (broad SMARTS) is 1. The number of ether oxygens (including phenoxy) is 1. The quantitative estimate of drug-likeness (QED) is 0.593. The molecule has 0 aliphatic rings. The standard InChI is InChI=1S/C9H19NO3S/c1-7(2)5-13-3-4-14-6-8(10)9(11)12/h7-8H,3-6,10H2,1-2H3,(H,11,12)/t8-/m1/s1. The van der Waals surface area contributed by atoms with E-state index in [2.05, 4.69) is 13.8 Å². The van der Waals surface area contributed by atoms with Gasteiger partial charge in [-0.05, 0) is 5.92 Å². The Morgan fingerprint density at radius 2 is 2.21 bits per heavy atom. The van der Waals surface area contributed by atoms with Crippen LogP contribution in [0.2, 0.25) is 0 Å². The number of carboxylic acids is 1. The Labute approximate surface area is 89.2 Å². The van der Waals surface area contributed by atoms with E-state index in [0.717, 1.165) is 12.4 Å². The first-order chi connectivity index (χ1) is 6.54. The predicted molar refractivity (Wildman–Crippen MR) is 58.6 cm³/mol. The highest BCUT2D eigenvalue weighted by Crippen LogP contribution is 2.02. The van der Waals surface area contributed by atoms with Crippen molar-refractivity contribution in [1.29, 1.82) is 0 Å². The molecule has 0 rings (SSSR count). The molecule has 0 spiro atoms. The number of carbonyl (C=O) groups is 1. The second-order valence-corrected chi connectivity index (χ2v) is 4.64. The van der Waals surface area contributed by atoms with Gasteiger partial charge in [-0.15, -0.1) is 0 Å². The smallest absolute Gasteiger partial charge is 0.321 e. The largest absolute Gasteiger partial charge is 0.480 e. The van der Waals surface area contributed by atoms with Gasteiger partial charge in [-0.25, -0.2) is 0 Å². The van der Waals surface area contributed by atoms with Crippen LogP contribution in [-0.2, 0) is 9.53 Å². The van der Waals surface area contributed by atoms with Crippen LogP contribution in [0.5, 0.6) is 0 Å². The van der Waals surface area contributed by atoms with Crippen molar-refractivity contribution in [1.82, 2.24) is 0 Å². The summed E-state index contributed by atoms with van der Waals surface area (Å²) in [5.41, 5.74) is 5.32. The highest BCUT2D eigenvalue weighted by Gasteiger charge is 2.10. The monoisotopic (exact) mass is 221 g/mol. The fraction of sp³-hybridized carbons (Fsp3) is 0.889. The van der Waals surface area contributed by atoms with E-state index in [-0.39, 0.29) is 0 Å². The molecule has 0 aliphatic carbocycles. The van der Waals surface area contributed by atoms with Gasteiger partial charge in [0.2, 0.25) is 0 Å². The molecule has 14 heavy (non-hydrogen) atoms. The Kier molecular flexibility index (Phi) is 7.93. The lowest BCUT2D eigenvalue weighted by molar-refractivity contribution is -0.137. The van der Waals surface area contributed by atoms with E-state index >= 15 is 0 Å². The fourth-order valence-corrected chi connectivity index (χ4v) is 1.52. The van der Waals surface area contributed by atoms with E-state index in [9.17, 15) is 4.79 Å². The number of nitrogens with two attached hydrogens (primary N) is 1. The van der Waals surface area contributed by atoms with E-state index < -0.39 is 12.0 Å². The molecule has 0 saturated heterocycles. The fourth-order valence-electron chi connectivity index (χ4n) is 0.718. The third kappa shape index (κ3) is 8.34. The van der Waals surface area contributed by atoms with Crippen LogP contribution in [0.1, 0.15) is 13.8 Å². The van der Waals surface area contributed by atoms with Gasteiger partial charge in [-0.3, -0.25) is 4.79 Å². The van der Waals surface area contributed by atoms with Crippen LogP contribution in [0.3, 0.4) is 0 Å². The molecule has 0 fully saturated rings. The summed E-state index contributed by atoms with van der Waals surface area (Å²) in [6, 6.07) is -0.759. The second-order valence-electron chi connectivity index (χ2n) is 3.49. The molecule has 3 N–H and O–H groups in total. The molecule has 0 aromatic rings. The molecule has 4 nitrogen and oxygen atoms in total. The molecule has 1 atom stereocenters. The lowest BCUT2D eigenvalue weighted by atomic mass is 10.2. The third-order valence-corrected chi connectivity index (χ3v) is 2.49. The zero-order chi connectivity index (χ0) is 11.0. The van der Waals surface area contributed by atoms with E-state index in [0.29, 0.717) is 18.3 Å². The van der Waals surface area contributed by atoms with E-state index in [1.54, 1.807) is 0 Å². The Balaban J connectivity index is 3.17. The van der Waals surface area contributed by atoms with Crippen LogP contribution in [0.4, 0.5) is 0 Å². The van der Waals surface area contributed by atoms with E-state index in [4.69, 9.17) is 15.6 Å². The maximum Gasteiger partial charge on any atom is 0.321 e. The molecule has 0 radical (unpaired) electrons. The van der Waals surface area contributed by atoms with Crippen molar-refractivity contribution in [3.05, 3.63) is 0 Å². The van der Waals surface area contributed by atoms with Gasteiger partial charge in [0.05, 0.1) is 6.61 Å². The van der Waals surface area contributed by atoms with Gasteiger partial charge in [0, 0.05) is 18.1 Å². The summed E-state index contributed by atoms with van der Waals surface area (Å²) < 4.78 is 5.33. The van der Waals surface area contributed by atoms with Crippen molar-refractivity contribution in [2.75, 3.05) is 24.7 Å². The topological polar surface area (TPSA) is 72.5 Å². The van der Waals surface area contributed by atoms with Crippen molar-refractivity contribution >= 4 is 17.7 Å². The molecule has 0 aromatic carbocycles. The van der Waals surface area contributed by atoms with E-state index in [1.165, 1.54) is 11.8 Å². The first kappa shape index (κ1) is 13.7. The molecule has 0 saturated carbocycles. The Hall–Kier alpha value is -0.260. The van der Waals surface area contributed by atoms with Gasteiger partial charge < -0.3 is 15.6 Å². The Morgan fingerprint density at radius 3 is 2.71 bits per heavy atom. The molecule has 0 aliphatic heterocycles. The highest BCUT2D eigenvalue weighted by molar-refractivity contribution is 7.99. The Morgan fingerprint density at radius 1 is 1.57 bits per heavy atom. The summed E-state index contributed by atoms with van der Waals surface area (Å²) in [7, 11) is 0. The minimum absolute atomic E-state index is 0.445.